The fraction of sp³-hybridized carbons (Fsp3) is 0.182. The smallest absolute Gasteiger partial charge is 0.304 e. The minimum atomic E-state index is -4.56. The number of pyridine rings is 1. The SMILES string of the molecule is Cc1cc2c(cc1F)c(C#N)c(-c1ccc(S(=O)NC(C)C(F)(F)F)cn1)n2-c1ccsc1Cl. The second-order valence-electron chi connectivity index (χ2n) is 7.40. The predicted octanol–water partition coefficient (Wildman–Crippen LogP) is 6.29. The van der Waals surface area contributed by atoms with E-state index < -0.39 is 29.0 Å². The number of hydrogen-bond acceptors (Lipinski definition) is 4. The van der Waals surface area contributed by atoms with E-state index in [1.54, 1.807) is 29.0 Å². The molecular formula is C22H15ClF4N4OS2. The largest absolute Gasteiger partial charge is 0.404 e. The number of nitriles is 1. The van der Waals surface area contributed by atoms with Gasteiger partial charge in [0.2, 0.25) is 0 Å². The van der Waals surface area contributed by atoms with Crippen LogP contribution in [0.3, 0.4) is 0 Å². The number of hydrogen-bond donors (Lipinski definition) is 1. The minimum absolute atomic E-state index is 0.0245. The van der Waals surface area contributed by atoms with Crippen molar-refractivity contribution in [1.82, 2.24) is 14.3 Å². The van der Waals surface area contributed by atoms with Gasteiger partial charge < -0.3 is 4.57 Å². The fourth-order valence-electron chi connectivity index (χ4n) is 3.39. The standard InChI is InChI=1S/C22H15ClF4N4OS2/c1-11-7-19-14(8-16(11)24)15(9-28)20(31(19)18-5-6-33-21(18)23)17-4-3-13(10-29-17)34(32)30-12(2)22(25,26)27/h3-8,10,12,30H,1-2H3. The van der Waals surface area contributed by atoms with Gasteiger partial charge in [0.15, 0.2) is 0 Å². The highest BCUT2D eigenvalue weighted by molar-refractivity contribution is 7.83. The van der Waals surface area contributed by atoms with Crippen molar-refractivity contribution in [2.45, 2.75) is 31.0 Å². The maximum atomic E-state index is 14.4. The Kier molecular flexibility index (Phi) is 6.52. The number of nitrogens with one attached hydrogen (secondary N) is 1. The monoisotopic (exact) mass is 526 g/mol. The molecule has 4 rings (SSSR count). The molecule has 2 unspecified atom stereocenters. The second kappa shape index (κ2) is 9.11. The number of aryl methyl sites for hydroxylation is 1. The van der Waals surface area contributed by atoms with E-state index in [4.69, 9.17) is 11.6 Å². The van der Waals surface area contributed by atoms with E-state index in [0.29, 0.717) is 32.2 Å². The van der Waals surface area contributed by atoms with Crippen molar-refractivity contribution in [1.29, 1.82) is 5.26 Å². The molecule has 1 N–H and O–H groups in total. The average molecular weight is 527 g/mol. The Morgan fingerprint density at radius 2 is 2.03 bits per heavy atom. The molecule has 0 spiro atoms. The summed E-state index contributed by atoms with van der Waals surface area (Å²) >= 11 is 7.67. The summed E-state index contributed by atoms with van der Waals surface area (Å²) in [4.78, 5) is 4.29. The van der Waals surface area contributed by atoms with Crippen LogP contribution in [-0.2, 0) is 11.0 Å². The predicted molar refractivity (Wildman–Crippen MR) is 124 cm³/mol. The molecule has 4 aromatic rings. The molecule has 34 heavy (non-hydrogen) atoms. The average Bonchev–Trinajstić information content (AvgIpc) is 3.33. The number of benzene rings is 1. The van der Waals surface area contributed by atoms with Gasteiger partial charge in [0.05, 0.1) is 33.1 Å². The molecule has 0 saturated heterocycles. The quantitative estimate of drug-likeness (QED) is 0.311. The van der Waals surface area contributed by atoms with Crippen LogP contribution < -0.4 is 4.72 Å². The van der Waals surface area contributed by atoms with Crippen molar-refractivity contribution in [2.75, 3.05) is 0 Å². The summed E-state index contributed by atoms with van der Waals surface area (Å²) in [6, 6.07) is 7.55. The summed E-state index contributed by atoms with van der Waals surface area (Å²) in [6.45, 7) is 2.47. The molecule has 0 bridgehead atoms. The third-order valence-electron chi connectivity index (χ3n) is 5.17. The van der Waals surface area contributed by atoms with Gasteiger partial charge in [0.1, 0.15) is 33.3 Å². The molecule has 0 aliphatic carbocycles. The Balaban J connectivity index is 1.87. The first-order valence-corrected chi connectivity index (χ1v) is 12.1. The Morgan fingerprint density at radius 3 is 2.59 bits per heavy atom. The van der Waals surface area contributed by atoms with Gasteiger partial charge in [0, 0.05) is 11.6 Å². The Hall–Kier alpha value is -2.78. The van der Waals surface area contributed by atoms with Crippen LogP contribution in [0.15, 0.2) is 46.8 Å². The van der Waals surface area contributed by atoms with Crippen LogP contribution in [0.25, 0.3) is 28.0 Å². The molecule has 0 saturated carbocycles. The van der Waals surface area contributed by atoms with Gasteiger partial charge in [-0.25, -0.2) is 13.3 Å². The molecule has 12 heteroatoms. The third kappa shape index (κ3) is 4.34. The highest BCUT2D eigenvalue weighted by atomic mass is 35.5. The maximum absolute atomic E-state index is 14.4. The van der Waals surface area contributed by atoms with Gasteiger partial charge in [-0.05, 0) is 55.1 Å². The number of thiophene rings is 1. The molecular weight excluding hydrogens is 512 g/mol. The summed E-state index contributed by atoms with van der Waals surface area (Å²) in [7, 11) is -2.16. The van der Waals surface area contributed by atoms with Gasteiger partial charge in [-0.2, -0.15) is 18.4 Å². The van der Waals surface area contributed by atoms with Gasteiger partial charge >= 0.3 is 6.18 Å². The van der Waals surface area contributed by atoms with E-state index in [2.05, 4.69) is 11.1 Å². The van der Waals surface area contributed by atoms with Crippen molar-refractivity contribution in [3.8, 4) is 23.1 Å². The second-order valence-corrected chi connectivity index (χ2v) is 10.2. The first kappa shape index (κ1) is 24.3. The van der Waals surface area contributed by atoms with Gasteiger partial charge in [-0.15, -0.1) is 11.3 Å². The van der Waals surface area contributed by atoms with Crippen molar-refractivity contribution in [3.05, 3.63) is 63.2 Å². The van der Waals surface area contributed by atoms with E-state index in [0.717, 1.165) is 6.92 Å². The molecule has 3 heterocycles. The molecule has 0 radical (unpaired) electrons. The van der Waals surface area contributed by atoms with E-state index >= 15 is 0 Å². The summed E-state index contributed by atoms with van der Waals surface area (Å²) in [5.41, 5.74) is 2.24. The Labute approximate surface area is 203 Å². The molecule has 0 fully saturated rings. The van der Waals surface area contributed by atoms with Gasteiger partial charge in [-0.3, -0.25) is 4.98 Å². The number of alkyl halides is 3. The normalized spacial score (nSPS) is 13.7. The summed E-state index contributed by atoms with van der Waals surface area (Å²) < 4.78 is 69.2. The molecule has 0 aliphatic heterocycles. The Bertz CT molecular complexity index is 1460. The number of fused-ring (bicyclic) bond motifs is 1. The molecule has 5 nitrogen and oxygen atoms in total. The zero-order chi connectivity index (χ0) is 24.8. The van der Waals surface area contributed by atoms with E-state index in [1.165, 1.54) is 35.7 Å². The lowest BCUT2D eigenvalue weighted by atomic mass is 10.1. The summed E-state index contributed by atoms with van der Waals surface area (Å²) in [6.07, 6.45) is -3.38. The van der Waals surface area contributed by atoms with Gasteiger partial charge in [0.25, 0.3) is 0 Å². The molecule has 0 aliphatic rings. The van der Waals surface area contributed by atoms with Crippen molar-refractivity contribution in [2.24, 2.45) is 0 Å². The maximum Gasteiger partial charge on any atom is 0.404 e. The van der Waals surface area contributed by atoms with Crippen molar-refractivity contribution in [3.63, 3.8) is 0 Å². The van der Waals surface area contributed by atoms with Crippen LogP contribution in [-0.4, -0.2) is 26.0 Å². The molecule has 176 valence electrons. The fourth-order valence-corrected chi connectivity index (χ4v) is 5.22. The number of rotatable bonds is 5. The molecule has 1 aromatic carbocycles. The van der Waals surface area contributed by atoms with Gasteiger partial charge in [-0.1, -0.05) is 11.6 Å². The zero-order valence-corrected chi connectivity index (χ0v) is 20.0. The van der Waals surface area contributed by atoms with Crippen LogP contribution in [0.2, 0.25) is 4.34 Å². The minimum Gasteiger partial charge on any atom is -0.304 e. The number of halogens is 5. The zero-order valence-electron chi connectivity index (χ0n) is 17.6. The van der Waals surface area contributed by atoms with Crippen LogP contribution in [0.1, 0.15) is 18.1 Å². The summed E-state index contributed by atoms with van der Waals surface area (Å²) in [5, 5.41) is 12.1. The molecule has 2 atom stereocenters. The van der Waals surface area contributed by atoms with Crippen molar-refractivity contribution < 1.29 is 21.8 Å². The molecule has 3 aromatic heterocycles. The van der Waals surface area contributed by atoms with Crippen LogP contribution in [0, 0.1) is 24.1 Å². The lowest BCUT2D eigenvalue weighted by molar-refractivity contribution is -0.146. The molecule has 0 amide bonds. The first-order chi connectivity index (χ1) is 16.0. The topological polar surface area (TPSA) is 70.7 Å². The highest BCUT2D eigenvalue weighted by Gasteiger charge is 2.37. The third-order valence-corrected chi connectivity index (χ3v) is 7.55. The van der Waals surface area contributed by atoms with E-state index in [-0.39, 0.29) is 16.2 Å². The Morgan fingerprint density at radius 1 is 1.29 bits per heavy atom. The van der Waals surface area contributed by atoms with Crippen LogP contribution >= 0.6 is 22.9 Å². The first-order valence-electron chi connectivity index (χ1n) is 9.72. The van der Waals surface area contributed by atoms with Crippen molar-refractivity contribution >= 4 is 44.8 Å². The number of aromatic nitrogens is 2. The van der Waals surface area contributed by atoms with Crippen LogP contribution in [0.4, 0.5) is 17.6 Å². The lowest BCUT2D eigenvalue weighted by Crippen LogP contribution is -2.40. The van der Waals surface area contributed by atoms with E-state index in [9.17, 15) is 27.0 Å². The van der Waals surface area contributed by atoms with Crippen LogP contribution in [0.5, 0.6) is 0 Å². The highest BCUT2D eigenvalue weighted by Crippen LogP contribution is 2.39. The van der Waals surface area contributed by atoms with E-state index in [1.807, 2.05) is 4.72 Å². The lowest BCUT2D eigenvalue weighted by Gasteiger charge is -2.16. The summed E-state index contributed by atoms with van der Waals surface area (Å²) in [5.74, 6) is -0.479. The number of nitrogens with zero attached hydrogens (tertiary/aromatic N) is 3.